The lowest BCUT2D eigenvalue weighted by atomic mass is 9.98. The van der Waals surface area contributed by atoms with Crippen molar-refractivity contribution in [3.05, 3.63) is 35.4 Å². The second-order valence-corrected chi connectivity index (χ2v) is 6.25. The first kappa shape index (κ1) is 15.5. The van der Waals surface area contributed by atoms with Gasteiger partial charge in [-0.05, 0) is 45.2 Å². The van der Waals surface area contributed by atoms with Crippen LogP contribution in [0.1, 0.15) is 63.2 Å². The number of benzene rings is 1. The van der Waals surface area contributed by atoms with Gasteiger partial charge >= 0.3 is 0 Å². The maximum absolute atomic E-state index is 10.7. The summed E-state index contributed by atoms with van der Waals surface area (Å²) in [6.45, 7) is 7.66. The van der Waals surface area contributed by atoms with Gasteiger partial charge in [0.05, 0.1) is 6.10 Å². The van der Waals surface area contributed by atoms with Gasteiger partial charge in [0.2, 0.25) is 0 Å². The van der Waals surface area contributed by atoms with E-state index in [2.05, 4.69) is 49.9 Å². The van der Waals surface area contributed by atoms with E-state index >= 15 is 0 Å². The van der Waals surface area contributed by atoms with Crippen molar-refractivity contribution >= 4 is 0 Å². The molecule has 0 aromatic heterocycles. The zero-order valence-corrected chi connectivity index (χ0v) is 13.2. The molecule has 1 saturated heterocycles. The molecule has 0 spiro atoms. The molecule has 2 heteroatoms. The van der Waals surface area contributed by atoms with Crippen LogP contribution in [0.4, 0.5) is 0 Å². The highest BCUT2D eigenvalue weighted by Gasteiger charge is 2.28. The second-order valence-electron chi connectivity index (χ2n) is 6.25. The molecular formula is C18H29NO. The fraction of sp³-hybridized carbons (Fsp3) is 0.667. The van der Waals surface area contributed by atoms with Crippen LogP contribution in [-0.2, 0) is 0 Å². The molecule has 112 valence electrons. The van der Waals surface area contributed by atoms with Crippen LogP contribution in [0.3, 0.4) is 0 Å². The standard InChI is InChI=1S/C18H29NO/c1-4-17-8-6-5-7-13-19(17)15(3)18(20)16-11-9-14(2)10-12-16/h9-12,15,17-18,20H,4-8,13H2,1-3H3. The Balaban J connectivity index is 2.11. The van der Waals surface area contributed by atoms with Crippen molar-refractivity contribution in [3.63, 3.8) is 0 Å². The van der Waals surface area contributed by atoms with E-state index in [0.29, 0.717) is 6.04 Å². The average molecular weight is 275 g/mol. The summed E-state index contributed by atoms with van der Waals surface area (Å²) in [5.41, 5.74) is 2.29. The molecular weight excluding hydrogens is 246 g/mol. The molecule has 1 aromatic carbocycles. The minimum Gasteiger partial charge on any atom is -0.387 e. The van der Waals surface area contributed by atoms with Crippen LogP contribution in [0.2, 0.25) is 0 Å². The monoisotopic (exact) mass is 275 g/mol. The molecule has 0 saturated carbocycles. The molecule has 0 amide bonds. The highest BCUT2D eigenvalue weighted by Crippen LogP contribution is 2.28. The number of aryl methyl sites for hydroxylation is 1. The molecule has 1 N–H and O–H groups in total. The van der Waals surface area contributed by atoms with Crippen molar-refractivity contribution in [2.75, 3.05) is 6.54 Å². The van der Waals surface area contributed by atoms with Crippen molar-refractivity contribution in [3.8, 4) is 0 Å². The van der Waals surface area contributed by atoms with Gasteiger partial charge in [-0.25, -0.2) is 0 Å². The van der Waals surface area contributed by atoms with E-state index in [9.17, 15) is 5.11 Å². The van der Waals surface area contributed by atoms with Gasteiger partial charge in [-0.3, -0.25) is 4.90 Å². The summed E-state index contributed by atoms with van der Waals surface area (Å²) in [4.78, 5) is 2.54. The third-order valence-corrected chi connectivity index (χ3v) is 4.79. The van der Waals surface area contributed by atoms with Crippen LogP contribution in [0.15, 0.2) is 24.3 Å². The molecule has 1 aliphatic rings. The van der Waals surface area contributed by atoms with Gasteiger partial charge in [0, 0.05) is 12.1 Å². The van der Waals surface area contributed by atoms with E-state index in [1.54, 1.807) is 0 Å². The Morgan fingerprint density at radius 2 is 1.90 bits per heavy atom. The lowest BCUT2D eigenvalue weighted by Crippen LogP contribution is -2.44. The summed E-state index contributed by atoms with van der Waals surface area (Å²) < 4.78 is 0. The number of aliphatic hydroxyl groups is 1. The Morgan fingerprint density at radius 3 is 2.55 bits per heavy atom. The Morgan fingerprint density at radius 1 is 1.20 bits per heavy atom. The molecule has 2 nitrogen and oxygen atoms in total. The average Bonchev–Trinajstić information content (AvgIpc) is 2.71. The van der Waals surface area contributed by atoms with Gasteiger partial charge in [-0.2, -0.15) is 0 Å². The van der Waals surface area contributed by atoms with Crippen LogP contribution in [-0.4, -0.2) is 28.6 Å². The maximum Gasteiger partial charge on any atom is 0.0942 e. The number of likely N-dealkylation sites (tertiary alicyclic amines) is 1. The molecule has 1 fully saturated rings. The Hall–Kier alpha value is -0.860. The fourth-order valence-corrected chi connectivity index (χ4v) is 3.40. The first-order valence-electron chi connectivity index (χ1n) is 8.14. The van der Waals surface area contributed by atoms with Crippen molar-refractivity contribution in [2.45, 2.75) is 71.1 Å². The lowest BCUT2D eigenvalue weighted by molar-refractivity contribution is 0.0321. The quantitative estimate of drug-likeness (QED) is 0.895. The van der Waals surface area contributed by atoms with Crippen molar-refractivity contribution < 1.29 is 5.11 Å². The predicted octanol–water partition coefficient (Wildman–Crippen LogP) is 4.07. The predicted molar refractivity (Wildman–Crippen MR) is 84.9 cm³/mol. The number of hydrogen-bond acceptors (Lipinski definition) is 2. The van der Waals surface area contributed by atoms with E-state index in [4.69, 9.17) is 0 Å². The van der Waals surface area contributed by atoms with Crippen LogP contribution in [0.5, 0.6) is 0 Å². The Bertz CT molecular complexity index is 400. The number of nitrogens with zero attached hydrogens (tertiary/aromatic N) is 1. The highest BCUT2D eigenvalue weighted by molar-refractivity contribution is 5.24. The number of rotatable bonds is 4. The summed E-state index contributed by atoms with van der Waals surface area (Å²) in [7, 11) is 0. The highest BCUT2D eigenvalue weighted by atomic mass is 16.3. The van der Waals surface area contributed by atoms with Crippen molar-refractivity contribution in [1.29, 1.82) is 0 Å². The van der Waals surface area contributed by atoms with E-state index in [0.717, 1.165) is 12.1 Å². The van der Waals surface area contributed by atoms with Crippen LogP contribution in [0, 0.1) is 6.92 Å². The first-order valence-corrected chi connectivity index (χ1v) is 8.14. The number of hydrogen-bond donors (Lipinski definition) is 1. The molecule has 20 heavy (non-hydrogen) atoms. The minimum atomic E-state index is -0.386. The summed E-state index contributed by atoms with van der Waals surface area (Å²) in [6.07, 6.45) is 6.01. The normalized spacial score (nSPS) is 24.1. The molecule has 0 radical (unpaired) electrons. The first-order chi connectivity index (χ1) is 9.63. The maximum atomic E-state index is 10.7. The molecule has 0 aliphatic carbocycles. The molecule has 3 unspecified atom stereocenters. The zero-order chi connectivity index (χ0) is 14.5. The summed E-state index contributed by atoms with van der Waals surface area (Å²) in [5.74, 6) is 0. The summed E-state index contributed by atoms with van der Waals surface area (Å²) >= 11 is 0. The van der Waals surface area contributed by atoms with Crippen molar-refractivity contribution in [2.24, 2.45) is 0 Å². The van der Waals surface area contributed by atoms with Gasteiger partial charge in [-0.15, -0.1) is 0 Å². The Labute approximate surface area is 123 Å². The van der Waals surface area contributed by atoms with Crippen LogP contribution in [0.25, 0.3) is 0 Å². The third-order valence-electron chi connectivity index (χ3n) is 4.79. The molecule has 3 atom stereocenters. The zero-order valence-electron chi connectivity index (χ0n) is 13.2. The Kier molecular flexibility index (Phi) is 5.62. The van der Waals surface area contributed by atoms with Crippen LogP contribution >= 0.6 is 0 Å². The van der Waals surface area contributed by atoms with E-state index in [1.807, 2.05) is 0 Å². The minimum absolute atomic E-state index is 0.195. The second kappa shape index (κ2) is 7.24. The van der Waals surface area contributed by atoms with Crippen molar-refractivity contribution in [1.82, 2.24) is 4.90 Å². The van der Waals surface area contributed by atoms with Gasteiger partial charge in [0.15, 0.2) is 0 Å². The third kappa shape index (κ3) is 3.62. The number of aliphatic hydroxyl groups excluding tert-OH is 1. The topological polar surface area (TPSA) is 23.5 Å². The lowest BCUT2D eigenvalue weighted by Gasteiger charge is -2.37. The van der Waals surface area contributed by atoms with E-state index < -0.39 is 0 Å². The van der Waals surface area contributed by atoms with Gasteiger partial charge in [0.1, 0.15) is 0 Å². The smallest absolute Gasteiger partial charge is 0.0942 e. The van der Waals surface area contributed by atoms with E-state index in [1.165, 1.54) is 37.7 Å². The molecule has 1 heterocycles. The summed E-state index contributed by atoms with van der Waals surface area (Å²) in [6, 6.07) is 9.13. The SMILES string of the molecule is CCC1CCCCCN1C(C)C(O)c1ccc(C)cc1. The largest absolute Gasteiger partial charge is 0.387 e. The van der Waals surface area contributed by atoms with E-state index in [-0.39, 0.29) is 12.1 Å². The molecule has 2 rings (SSSR count). The molecule has 1 aliphatic heterocycles. The fourth-order valence-electron chi connectivity index (χ4n) is 3.40. The van der Waals surface area contributed by atoms with Gasteiger partial charge < -0.3 is 5.11 Å². The van der Waals surface area contributed by atoms with Crippen LogP contribution < -0.4 is 0 Å². The van der Waals surface area contributed by atoms with Gasteiger partial charge in [-0.1, -0.05) is 49.6 Å². The summed E-state index contributed by atoms with van der Waals surface area (Å²) in [5, 5.41) is 10.7. The molecule has 1 aromatic rings. The molecule has 0 bridgehead atoms. The van der Waals surface area contributed by atoms with Gasteiger partial charge in [0.25, 0.3) is 0 Å².